The number of phenolic OH excluding ortho intramolecular Hbond substituents is 1. The van der Waals surface area contributed by atoms with Gasteiger partial charge in [0.05, 0.1) is 40.1 Å². The number of nitrogens with two attached hydrogens (primary N) is 1. The summed E-state index contributed by atoms with van der Waals surface area (Å²) in [5, 5.41) is 45.9. The van der Waals surface area contributed by atoms with E-state index in [9.17, 15) is 13.9 Å². The Morgan fingerprint density at radius 2 is 1.74 bits per heavy atom. The Balaban J connectivity index is 1.74. The molecule has 1 aromatic heterocycles. The van der Waals surface area contributed by atoms with Crippen LogP contribution in [0.15, 0.2) is 62.5 Å². The van der Waals surface area contributed by atoms with E-state index in [-0.39, 0.29) is 44.6 Å². The van der Waals surface area contributed by atoms with Gasteiger partial charge in [0.15, 0.2) is 5.82 Å². The molecule has 0 aliphatic rings. The molecule has 0 saturated carbocycles. The van der Waals surface area contributed by atoms with Crippen LogP contribution < -0.4 is 11.1 Å². The Bertz CT molecular complexity index is 1520. The molecule has 13 nitrogen and oxygen atoms in total. The van der Waals surface area contributed by atoms with Crippen molar-refractivity contribution in [3.8, 4) is 5.75 Å². The monoisotopic (exact) mass is 586 g/mol. The third kappa shape index (κ3) is 6.35. The first-order chi connectivity index (χ1) is 18.3. The van der Waals surface area contributed by atoms with E-state index in [4.69, 9.17) is 27.8 Å². The number of aromatic hydroxyl groups is 1. The molecule has 4 rings (SSSR count). The predicted molar refractivity (Wildman–Crippen MR) is 132 cm³/mol. The summed E-state index contributed by atoms with van der Waals surface area (Å²) in [6.07, 6.45) is -1.33. The zero-order chi connectivity index (χ0) is 27.2. The minimum atomic E-state index is -1.33. The van der Waals surface area contributed by atoms with E-state index in [0.717, 1.165) is 0 Å². The Kier molecular flexibility index (Phi) is 9.05. The maximum Gasteiger partial charge on any atom is 0.313 e. The number of benzene rings is 3. The molecule has 198 valence electrons. The number of fused-ring (bicyclic) bond motifs is 1. The summed E-state index contributed by atoms with van der Waals surface area (Å²) < 4.78 is 36.1. The van der Waals surface area contributed by atoms with Crippen molar-refractivity contribution in [1.29, 1.82) is 0 Å². The number of hydrogen-bond donors (Lipinski definition) is 5. The summed E-state index contributed by atoms with van der Waals surface area (Å²) in [6, 6.07) is 10.4. The molecule has 3 aromatic carbocycles. The normalized spacial score (nSPS) is 11.5. The number of azo groups is 1. The van der Waals surface area contributed by atoms with Crippen LogP contribution in [-0.4, -0.2) is 25.6 Å². The van der Waals surface area contributed by atoms with Gasteiger partial charge in [0.1, 0.15) is 22.1 Å². The third-order valence-corrected chi connectivity index (χ3v) is 6.20. The molecule has 0 aliphatic heterocycles. The molecule has 0 aliphatic carbocycles. The number of aromatic nitrogens is 2. The average Bonchev–Trinajstić information content (AvgIpc) is 2.89. The summed E-state index contributed by atoms with van der Waals surface area (Å²) in [7, 11) is 0. The van der Waals surface area contributed by atoms with Crippen molar-refractivity contribution in [3.63, 3.8) is 0 Å². The van der Waals surface area contributed by atoms with Crippen molar-refractivity contribution in [3.05, 3.63) is 59.5 Å². The highest BCUT2D eigenvalue weighted by molar-refractivity contribution is 7.94. The Morgan fingerprint density at radius 3 is 2.50 bits per heavy atom. The molecular formula is C20H13ClF2N6O7S2. The van der Waals surface area contributed by atoms with E-state index in [1.807, 2.05) is 0 Å². The standard InChI is InChI=1S/C20H13ClF2N6O7S2/c21-16-18(22)26-20(23)27-19(16)25-9-2-4-14(38-36-34-32)12(6-9)28-29-17-11(24)3-1-8-5-10(37-35-33-31)7-13(30)15(8)17/h1-7,30-32H,24H2,(H,25,26,27). The van der Waals surface area contributed by atoms with E-state index < -0.39 is 17.0 Å². The van der Waals surface area contributed by atoms with Crippen molar-refractivity contribution in [2.75, 3.05) is 11.1 Å². The molecule has 38 heavy (non-hydrogen) atoms. The lowest BCUT2D eigenvalue weighted by Gasteiger charge is -2.11. The molecule has 0 unspecified atom stereocenters. The number of phenols is 1. The molecule has 0 saturated heterocycles. The van der Waals surface area contributed by atoms with Gasteiger partial charge in [0.25, 0.3) is 0 Å². The highest BCUT2D eigenvalue weighted by atomic mass is 35.5. The second-order valence-corrected chi connectivity index (χ2v) is 8.84. The van der Waals surface area contributed by atoms with Gasteiger partial charge in [-0.15, -0.1) is 18.9 Å². The topological polar surface area (TPSA) is 186 Å². The van der Waals surface area contributed by atoms with E-state index in [1.54, 1.807) is 12.1 Å². The molecule has 0 bridgehead atoms. The Hall–Kier alpha value is -3.39. The van der Waals surface area contributed by atoms with E-state index in [0.29, 0.717) is 34.4 Å². The average molecular weight is 587 g/mol. The van der Waals surface area contributed by atoms with Gasteiger partial charge in [-0.2, -0.15) is 18.7 Å². The van der Waals surface area contributed by atoms with Crippen molar-refractivity contribution in [2.24, 2.45) is 10.2 Å². The first-order valence-electron chi connectivity index (χ1n) is 9.86. The van der Waals surface area contributed by atoms with Crippen molar-refractivity contribution in [1.82, 2.24) is 9.97 Å². The summed E-state index contributed by atoms with van der Waals surface area (Å²) in [5.74, 6) is -1.83. The van der Waals surface area contributed by atoms with Gasteiger partial charge in [-0.25, -0.2) is 10.5 Å². The Morgan fingerprint density at radius 1 is 0.974 bits per heavy atom. The van der Waals surface area contributed by atoms with Gasteiger partial charge in [-0.1, -0.05) is 27.7 Å². The van der Waals surface area contributed by atoms with Gasteiger partial charge < -0.3 is 16.2 Å². The number of nitrogens with zero attached hydrogens (tertiary/aromatic N) is 4. The van der Waals surface area contributed by atoms with Gasteiger partial charge in [-0.05, 0) is 41.8 Å². The van der Waals surface area contributed by atoms with Crippen LogP contribution in [0.2, 0.25) is 5.02 Å². The number of anilines is 3. The van der Waals surface area contributed by atoms with Gasteiger partial charge in [0, 0.05) is 10.6 Å². The van der Waals surface area contributed by atoms with Crippen LogP contribution in [0.25, 0.3) is 10.8 Å². The Labute approximate surface area is 224 Å². The van der Waals surface area contributed by atoms with Crippen LogP contribution in [-0.2, 0) is 18.7 Å². The van der Waals surface area contributed by atoms with Crippen LogP contribution >= 0.6 is 35.7 Å². The predicted octanol–water partition coefficient (Wildman–Crippen LogP) is 6.86. The van der Waals surface area contributed by atoms with Crippen LogP contribution in [0.3, 0.4) is 0 Å². The van der Waals surface area contributed by atoms with E-state index in [1.165, 1.54) is 30.3 Å². The molecule has 4 aromatic rings. The number of nitrogen functional groups attached to an aromatic ring is 1. The van der Waals surface area contributed by atoms with Crippen LogP contribution in [0, 0.1) is 12.0 Å². The molecule has 6 N–H and O–H groups in total. The minimum absolute atomic E-state index is 0.104. The highest BCUT2D eigenvalue weighted by Gasteiger charge is 2.16. The molecule has 18 heteroatoms. The van der Waals surface area contributed by atoms with Gasteiger partial charge >= 0.3 is 6.08 Å². The second kappa shape index (κ2) is 12.4. The quantitative estimate of drug-likeness (QED) is 0.0247. The lowest BCUT2D eigenvalue weighted by Crippen LogP contribution is -2.02. The SMILES string of the molecule is Nc1ccc2cc(SOOO)cc(O)c2c1N=Nc1cc(Nc2nc(F)nc(F)c2Cl)ccc1SOOO. The lowest BCUT2D eigenvalue weighted by atomic mass is 10.1. The zero-order valence-corrected chi connectivity index (χ0v) is 20.7. The number of hydrogen-bond acceptors (Lipinski definition) is 15. The number of rotatable bonds is 10. The first kappa shape index (κ1) is 27.6. The van der Waals surface area contributed by atoms with Crippen LogP contribution in [0.4, 0.5) is 37.3 Å². The lowest BCUT2D eigenvalue weighted by molar-refractivity contribution is -0.432. The highest BCUT2D eigenvalue weighted by Crippen LogP contribution is 2.42. The summed E-state index contributed by atoms with van der Waals surface area (Å²) in [6.45, 7) is 0. The maximum absolute atomic E-state index is 13.7. The van der Waals surface area contributed by atoms with Gasteiger partial charge in [-0.3, -0.25) is 0 Å². The van der Waals surface area contributed by atoms with Crippen LogP contribution in [0.5, 0.6) is 5.75 Å². The minimum Gasteiger partial charge on any atom is -0.507 e. The fraction of sp³-hybridized carbons (Fsp3) is 0. The summed E-state index contributed by atoms with van der Waals surface area (Å²) >= 11 is 7.03. The maximum atomic E-state index is 13.7. The molecule has 0 fully saturated rings. The smallest absolute Gasteiger partial charge is 0.313 e. The van der Waals surface area contributed by atoms with Crippen molar-refractivity contribution in [2.45, 2.75) is 9.79 Å². The first-order valence-corrected chi connectivity index (χ1v) is 11.7. The van der Waals surface area contributed by atoms with E-state index in [2.05, 4.69) is 44.3 Å². The zero-order valence-electron chi connectivity index (χ0n) is 18.3. The second-order valence-electron chi connectivity index (χ2n) is 6.95. The molecule has 1 heterocycles. The summed E-state index contributed by atoms with van der Waals surface area (Å²) in [4.78, 5) is 7.00. The molecular weight excluding hydrogens is 574 g/mol. The number of nitrogens with one attached hydrogen (secondary N) is 1. The molecule has 0 atom stereocenters. The van der Waals surface area contributed by atoms with E-state index >= 15 is 0 Å². The largest absolute Gasteiger partial charge is 0.507 e. The van der Waals surface area contributed by atoms with Crippen molar-refractivity contribution < 1.29 is 43.1 Å². The fourth-order valence-electron chi connectivity index (χ4n) is 3.14. The van der Waals surface area contributed by atoms with Crippen molar-refractivity contribution >= 4 is 75.0 Å². The van der Waals surface area contributed by atoms with Crippen LogP contribution in [0.1, 0.15) is 0 Å². The molecule has 0 spiro atoms. The molecule has 0 amide bonds. The number of halogens is 3. The van der Waals surface area contributed by atoms with Gasteiger partial charge in [0.2, 0.25) is 5.95 Å². The molecule has 0 radical (unpaired) electrons. The third-order valence-electron chi connectivity index (χ3n) is 4.65. The summed E-state index contributed by atoms with van der Waals surface area (Å²) in [5.41, 5.74) is 6.71. The fourth-order valence-corrected chi connectivity index (χ4v) is 4.13.